The maximum atomic E-state index is 11.9. The summed E-state index contributed by atoms with van der Waals surface area (Å²) in [7, 11) is 1.73. The number of likely N-dealkylation sites (tertiary alicyclic amines) is 1. The molecule has 1 unspecified atom stereocenters. The van der Waals surface area contributed by atoms with Gasteiger partial charge in [-0.3, -0.25) is 9.69 Å². The molecular formula is C11H19NO3. The third-order valence-corrected chi connectivity index (χ3v) is 3.35. The lowest BCUT2D eigenvalue weighted by molar-refractivity contribution is -0.131. The first-order chi connectivity index (χ1) is 7.03. The van der Waals surface area contributed by atoms with Crippen LogP contribution in [0.2, 0.25) is 0 Å². The SMILES string of the molecule is COC1CN(CC2COC(C)(C)C2=O)C1. The summed E-state index contributed by atoms with van der Waals surface area (Å²) < 4.78 is 10.7. The summed E-state index contributed by atoms with van der Waals surface area (Å²) in [6.07, 6.45) is 0.357. The Morgan fingerprint density at radius 1 is 1.53 bits per heavy atom. The van der Waals surface area contributed by atoms with E-state index < -0.39 is 5.60 Å². The lowest BCUT2D eigenvalue weighted by Crippen LogP contribution is -2.54. The van der Waals surface area contributed by atoms with Gasteiger partial charge in [-0.25, -0.2) is 0 Å². The third-order valence-electron chi connectivity index (χ3n) is 3.35. The Kier molecular flexibility index (Phi) is 2.83. The molecule has 0 radical (unpaired) electrons. The van der Waals surface area contributed by atoms with Crippen LogP contribution in [0.4, 0.5) is 0 Å². The highest BCUT2D eigenvalue weighted by molar-refractivity contribution is 5.90. The van der Waals surface area contributed by atoms with E-state index >= 15 is 0 Å². The molecule has 0 aliphatic carbocycles. The summed E-state index contributed by atoms with van der Waals surface area (Å²) in [6, 6.07) is 0. The number of hydrogen-bond acceptors (Lipinski definition) is 4. The van der Waals surface area contributed by atoms with Crippen molar-refractivity contribution in [2.24, 2.45) is 5.92 Å². The smallest absolute Gasteiger partial charge is 0.170 e. The van der Waals surface area contributed by atoms with E-state index in [1.165, 1.54) is 0 Å². The topological polar surface area (TPSA) is 38.8 Å². The van der Waals surface area contributed by atoms with Crippen molar-refractivity contribution in [1.29, 1.82) is 0 Å². The first-order valence-electron chi connectivity index (χ1n) is 5.46. The molecule has 2 aliphatic heterocycles. The summed E-state index contributed by atoms with van der Waals surface area (Å²) in [6.45, 7) is 6.98. The minimum absolute atomic E-state index is 0.0535. The second-order valence-corrected chi connectivity index (χ2v) is 4.96. The van der Waals surface area contributed by atoms with Gasteiger partial charge in [-0.15, -0.1) is 0 Å². The molecule has 0 aromatic rings. The number of nitrogens with zero attached hydrogens (tertiary/aromatic N) is 1. The van der Waals surface area contributed by atoms with Crippen molar-refractivity contribution in [3.63, 3.8) is 0 Å². The average Bonchev–Trinajstić information content (AvgIpc) is 2.37. The summed E-state index contributed by atoms with van der Waals surface area (Å²) in [5.74, 6) is 0.293. The Balaban J connectivity index is 1.80. The molecule has 0 N–H and O–H groups in total. The minimum Gasteiger partial charge on any atom is -0.379 e. The van der Waals surface area contributed by atoms with Crippen LogP contribution in [0.1, 0.15) is 13.8 Å². The highest BCUT2D eigenvalue weighted by atomic mass is 16.5. The van der Waals surface area contributed by atoms with Crippen LogP contribution in [0, 0.1) is 5.92 Å². The highest BCUT2D eigenvalue weighted by Crippen LogP contribution is 2.27. The van der Waals surface area contributed by atoms with Crippen LogP contribution in [0.15, 0.2) is 0 Å². The van der Waals surface area contributed by atoms with Crippen molar-refractivity contribution in [2.75, 3.05) is 33.4 Å². The molecule has 0 spiro atoms. The number of ether oxygens (including phenoxy) is 2. The normalized spacial score (nSPS) is 31.9. The number of ketones is 1. The van der Waals surface area contributed by atoms with E-state index in [9.17, 15) is 4.79 Å². The monoisotopic (exact) mass is 213 g/mol. The van der Waals surface area contributed by atoms with E-state index in [-0.39, 0.29) is 11.7 Å². The molecular weight excluding hydrogens is 194 g/mol. The van der Waals surface area contributed by atoms with Crippen LogP contribution in [0.25, 0.3) is 0 Å². The molecule has 0 bridgehead atoms. The Bertz CT molecular complexity index is 259. The van der Waals surface area contributed by atoms with Crippen molar-refractivity contribution in [3.05, 3.63) is 0 Å². The van der Waals surface area contributed by atoms with Crippen molar-refractivity contribution < 1.29 is 14.3 Å². The quantitative estimate of drug-likeness (QED) is 0.676. The van der Waals surface area contributed by atoms with E-state index in [0.717, 1.165) is 19.6 Å². The van der Waals surface area contributed by atoms with Gasteiger partial charge in [0, 0.05) is 26.7 Å². The predicted molar refractivity (Wildman–Crippen MR) is 55.8 cm³/mol. The Morgan fingerprint density at radius 3 is 2.67 bits per heavy atom. The van der Waals surface area contributed by atoms with Gasteiger partial charge >= 0.3 is 0 Å². The summed E-state index contributed by atoms with van der Waals surface area (Å²) >= 11 is 0. The van der Waals surface area contributed by atoms with Crippen LogP contribution in [0.3, 0.4) is 0 Å². The van der Waals surface area contributed by atoms with Crippen molar-refractivity contribution in [1.82, 2.24) is 4.90 Å². The largest absolute Gasteiger partial charge is 0.379 e. The molecule has 15 heavy (non-hydrogen) atoms. The van der Waals surface area contributed by atoms with Crippen molar-refractivity contribution in [3.8, 4) is 0 Å². The summed E-state index contributed by atoms with van der Waals surface area (Å²) in [5.41, 5.74) is -0.573. The van der Waals surface area contributed by atoms with Gasteiger partial charge in [-0.2, -0.15) is 0 Å². The Labute approximate surface area is 90.5 Å². The number of carbonyl (C=O) groups excluding carboxylic acids is 1. The number of rotatable bonds is 3. The molecule has 0 amide bonds. The lowest BCUT2D eigenvalue weighted by atomic mass is 9.94. The molecule has 2 fully saturated rings. The third kappa shape index (κ3) is 2.07. The van der Waals surface area contributed by atoms with Gasteiger partial charge in [-0.1, -0.05) is 0 Å². The standard InChI is InChI=1S/C11H19NO3/c1-11(2)10(13)8(7-15-11)4-12-5-9(6-12)14-3/h8-9H,4-7H2,1-3H3. The lowest BCUT2D eigenvalue weighted by Gasteiger charge is -2.39. The zero-order valence-corrected chi connectivity index (χ0v) is 9.66. The molecule has 0 aromatic carbocycles. The molecule has 0 aromatic heterocycles. The second kappa shape index (κ2) is 3.85. The number of Topliss-reactive ketones (excluding diaryl/α,β-unsaturated/α-hetero) is 1. The number of carbonyl (C=O) groups is 1. The van der Waals surface area contributed by atoms with E-state index in [4.69, 9.17) is 9.47 Å². The zero-order valence-electron chi connectivity index (χ0n) is 9.66. The fourth-order valence-corrected chi connectivity index (χ4v) is 2.22. The van der Waals surface area contributed by atoms with Crippen LogP contribution in [-0.2, 0) is 14.3 Å². The summed E-state index contributed by atoms with van der Waals surface area (Å²) in [5, 5.41) is 0. The average molecular weight is 213 g/mol. The van der Waals surface area contributed by atoms with Crippen molar-refractivity contribution >= 4 is 5.78 Å². The fourth-order valence-electron chi connectivity index (χ4n) is 2.22. The zero-order chi connectivity index (χ0) is 11.1. The van der Waals surface area contributed by atoms with E-state index in [0.29, 0.717) is 12.7 Å². The maximum absolute atomic E-state index is 11.9. The molecule has 2 heterocycles. The maximum Gasteiger partial charge on any atom is 0.170 e. The van der Waals surface area contributed by atoms with E-state index in [1.54, 1.807) is 7.11 Å². The Morgan fingerprint density at radius 2 is 2.20 bits per heavy atom. The molecule has 0 saturated carbocycles. The van der Waals surface area contributed by atoms with Crippen LogP contribution in [0.5, 0.6) is 0 Å². The molecule has 86 valence electrons. The van der Waals surface area contributed by atoms with Crippen LogP contribution >= 0.6 is 0 Å². The first-order valence-corrected chi connectivity index (χ1v) is 5.46. The van der Waals surface area contributed by atoms with Gasteiger partial charge in [0.05, 0.1) is 18.6 Å². The fraction of sp³-hybridized carbons (Fsp3) is 0.909. The van der Waals surface area contributed by atoms with Crippen molar-refractivity contribution in [2.45, 2.75) is 25.6 Å². The van der Waals surface area contributed by atoms with Crippen LogP contribution < -0.4 is 0 Å². The summed E-state index contributed by atoms with van der Waals surface area (Å²) in [4.78, 5) is 14.1. The molecule has 1 atom stereocenters. The van der Waals surface area contributed by atoms with Gasteiger partial charge in [-0.05, 0) is 13.8 Å². The first kappa shape index (κ1) is 11.0. The molecule has 2 aliphatic rings. The van der Waals surface area contributed by atoms with E-state index in [2.05, 4.69) is 4.90 Å². The highest BCUT2D eigenvalue weighted by Gasteiger charge is 2.43. The van der Waals surface area contributed by atoms with E-state index in [1.807, 2.05) is 13.8 Å². The van der Waals surface area contributed by atoms with Gasteiger partial charge < -0.3 is 9.47 Å². The van der Waals surface area contributed by atoms with Gasteiger partial charge in [0.15, 0.2) is 5.78 Å². The molecule has 2 saturated heterocycles. The second-order valence-electron chi connectivity index (χ2n) is 4.96. The van der Waals surface area contributed by atoms with Gasteiger partial charge in [0.25, 0.3) is 0 Å². The molecule has 2 rings (SSSR count). The van der Waals surface area contributed by atoms with Gasteiger partial charge in [0.2, 0.25) is 0 Å². The number of hydrogen-bond donors (Lipinski definition) is 0. The molecule has 4 heteroatoms. The van der Waals surface area contributed by atoms with Crippen LogP contribution in [-0.4, -0.2) is 55.7 Å². The minimum atomic E-state index is -0.573. The Hall–Kier alpha value is -0.450. The molecule has 4 nitrogen and oxygen atoms in total. The predicted octanol–water partition coefficient (Wildman–Crippen LogP) is 0.311. The van der Waals surface area contributed by atoms with Gasteiger partial charge in [0.1, 0.15) is 5.60 Å². The number of methoxy groups -OCH3 is 1.